The Kier molecular flexibility index (Phi) is 21.4. The summed E-state index contributed by atoms with van der Waals surface area (Å²) in [4.78, 5) is 0. The molecule has 0 fully saturated rings. The Balaban J connectivity index is -0.000000165. The molecule has 0 atom stereocenters. The zero-order valence-corrected chi connectivity index (χ0v) is 27.1. The molecular weight excluding hydrogens is 384 g/mol. The van der Waals surface area contributed by atoms with Gasteiger partial charge in [0, 0.05) is 0 Å². The second-order valence-corrected chi connectivity index (χ2v) is 16.6. The SMILES string of the molecule is CC(C)(C)CC(C)(C)C.CC(C)(C)CC(C)(C)C.CC(C)CC(C)C.CC(C)CC(C)C. The largest absolute Gasteiger partial charge is 0.0628 e. The van der Waals surface area contributed by atoms with Gasteiger partial charge in [-0.3, -0.25) is 0 Å². The van der Waals surface area contributed by atoms with Crippen molar-refractivity contribution >= 4 is 0 Å². The molecular formula is C32H72. The molecule has 0 aliphatic heterocycles. The van der Waals surface area contributed by atoms with E-state index in [9.17, 15) is 0 Å². The van der Waals surface area contributed by atoms with Gasteiger partial charge in [-0.25, -0.2) is 0 Å². The minimum Gasteiger partial charge on any atom is -0.0628 e. The van der Waals surface area contributed by atoms with Gasteiger partial charge < -0.3 is 0 Å². The van der Waals surface area contributed by atoms with Crippen LogP contribution in [-0.2, 0) is 0 Å². The third-order valence-corrected chi connectivity index (χ3v) is 4.01. The fourth-order valence-corrected chi connectivity index (χ4v) is 5.07. The average molecular weight is 457 g/mol. The lowest BCUT2D eigenvalue weighted by Crippen LogP contribution is -2.16. The number of rotatable bonds is 4. The Morgan fingerprint density at radius 2 is 0.438 bits per heavy atom. The van der Waals surface area contributed by atoms with E-state index in [1.807, 2.05) is 0 Å². The maximum Gasteiger partial charge on any atom is -0.0378 e. The van der Waals surface area contributed by atoms with Crippen LogP contribution in [-0.4, -0.2) is 0 Å². The van der Waals surface area contributed by atoms with Crippen LogP contribution in [0.5, 0.6) is 0 Å². The highest BCUT2D eigenvalue weighted by Gasteiger charge is 2.20. The maximum absolute atomic E-state index is 2.29. The molecule has 0 aromatic carbocycles. The summed E-state index contributed by atoms with van der Waals surface area (Å²) >= 11 is 0. The predicted molar refractivity (Wildman–Crippen MR) is 156 cm³/mol. The van der Waals surface area contributed by atoms with Crippen LogP contribution in [0.1, 0.15) is 164 Å². The van der Waals surface area contributed by atoms with E-state index < -0.39 is 0 Å². The molecule has 0 heteroatoms. The molecule has 0 spiro atoms. The molecule has 0 unspecified atom stereocenters. The lowest BCUT2D eigenvalue weighted by molar-refractivity contribution is 0.233. The average Bonchev–Trinajstić information content (AvgIpc) is 2.26. The van der Waals surface area contributed by atoms with E-state index in [2.05, 4.69) is 138 Å². The van der Waals surface area contributed by atoms with Crippen molar-refractivity contribution in [3.8, 4) is 0 Å². The van der Waals surface area contributed by atoms with Crippen LogP contribution in [0.3, 0.4) is 0 Å². The van der Waals surface area contributed by atoms with Gasteiger partial charge in [-0.15, -0.1) is 0 Å². The molecule has 32 heavy (non-hydrogen) atoms. The van der Waals surface area contributed by atoms with Crippen molar-refractivity contribution in [3.05, 3.63) is 0 Å². The van der Waals surface area contributed by atoms with Gasteiger partial charge >= 0.3 is 0 Å². The number of hydrogen-bond acceptors (Lipinski definition) is 0. The molecule has 0 N–H and O–H groups in total. The first kappa shape index (κ1) is 39.2. The van der Waals surface area contributed by atoms with E-state index in [4.69, 9.17) is 0 Å². The lowest BCUT2D eigenvalue weighted by Gasteiger charge is -2.28. The van der Waals surface area contributed by atoms with Crippen LogP contribution >= 0.6 is 0 Å². The molecule has 0 rings (SSSR count). The van der Waals surface area contributed by atoms with Gasteiger partial charge in [0.2, 0.25) is 0 Å². The summed E-state index contributed by atoms with van der Waals surface area (Å²) in [5, 5.41) is 0. The Morgan fingerprint density at radius 1 is 0.312 bits per heavy atom. The summed E-state index contributed by atoms with van der Waals surface area (Å²) < 4.78 is 0. The Hall–Kier alpha value is 0. The molecule has 0 saturated carbocycles. The van der Waals surface area contributed by atoms with Gasteiger partial charge in [0.15, 0.2) is 0 Å². The molecule has 0 aliphatic carbocycles. The summed E-state index contributed by atoms with van der Waals surface area (Å²) in [6.07, 6.45) is 5.31. The Bertz CT molecular complexity index is 304. The van der Waals surface area contributed by atoms with Gasteiger partial charge in [0.1, 0.15) is 0 Å². The van der Waals surface area contributed by atoms with E-state index in [0.717, 1.165) is 23.7 Å². The van der Waals surface area contributed by atoms with E-state index in [0.29, 0.717) is 21.7 Å². The fraction of sp³-hybridized carbons (Fsp3) is 1.00. The van der Waals surface area contributed by atoms with Crippen molar-refractivity contribution < 1.29 is 0 Å². The van der Waals surface area contributed by atoms with E-state index >= 15 is 0 Å². The maximum atomic E-state index is 2.29. The fourth-order valence-electron chi connectivity index (χ4n) is 5.07. The van der Waals surface area contributed by atoms with E-state index in [-0.39, 0.29) is 0 Å². The van der Waals surface area contributed by atoms with Crippen LogP contribution < -0.4 is 0 Å². The topological polar surface area (TPSA) is 0 Å². The third kappa shape index (κ3) is 63.1. The summed E-state index contributed by atoms with van der Waals surface area (Å²) in [6.45, 7) is 45.6. The van der Waals surface area contributed by atoms with Crippen LogP contribution in [0.25, 0.3) is 0 Å². The highest BCUT2D eigenvalue weighted by atomic mass is 14.3. The van der Waals surface area contributed by atoms with Crippen molar-refractivity contribution in [3.63, 3.8) is 0 Å². The second-order valence-electron chi connectivity index (χ2n) is 16.6. The first-order valence-electron chi connectivity index (χ1n) is 13.7. The van der Waals surface area contributed by atoms with Crippen molar-refractivity contribution in [2.24, 2.45) is 45.3 Å². The normalized spacial score (nSPS) is 12.8. The molecule has 0 nitrogen and oxygen atoms in total. The molecule has 0 aliphatic rings. The zero-order chi connectivity index (χ0) is 27.1. The molecule has 0 saturated heterocycles. The predicted octanol–water partition coefficient (Wildman–Crippen LogP) is 12.3. The highest BCUT2D eigenvalue weighted by Crippen LogP contribution is 2.32. The van der Waals surface area contributed by atoms with Crippen LogP contribution in [0.4, 0.5) is 0 Å². The lowest BCUT2D eigenvalue weighted by atomic mass is 9.78. The minimum atomic E-state index is 0.484. The zero-order valence-electron chi connectivity index (χ0n) is 27.1. The van der Waals surface area contributed by atoms with Crippen LogP contribution in [0.15, 0.2) is 0 Å². The molecule has 0 radical (unpaired) electrons. The van der Waals surface area contributed by atoms with Gasteiger partial charge in [-0.05, 0) is 71.0 Å². The van der Waals surface area contributed by atoms with Gasteiger partial charge in [0.25, 0.3) is 0 Å². The van der Waals surface area contributed by atoms with E-state index in [1.54, 1.807) is 0 Å². The summed E-state index contributed by atoms with van der Waals surface area (Å²) in [7, 11) is 0. The molecule has 0 aromatic heterocycles. The Morgan fingerprint density at radius 3 is 0.438 bits per heavy atom. The third-order valence-electron chi connectivity index (χ3n) is 4.01. The van der Waals surface area contributed by atoms with Crippen molar-refractivity contribution in [2.45, 2.75) is 164 Å². The van der Waals surface area contributed by atoms with Gasteiger partial charge in [0.05, 0.1) is 0 Å². The quantitative estimate of drug-likeness (QED) is 0.394. The molecule has 200 valence electrons. The molecule has 0 aromatic rings. The summed E-state index contributed by atoms with van der Waals surface area (Å²) in [5.74, 6) is 3.50. The Labute approximate surface area is 209 Å². The van der Waals surface area contributed by atoms with Crippen LogP contribution in [0.2, 0.25) is 0 Å². The molecule has 0 heterocycles. The summed E-state index contributed by atoms with van der Waals surface area (Å²) in [5.41, 5.74) is 1.94. The first-order valence-corrected chi connectivity index (χ1v) is 13.7. The standard InChI is InChI=1S/2C9H20.2C7H16/c2*1-8(2,3)7-9(4,5)6;2*1-6(2)5-7(3)4/h2*7H2,1-6H3;2*6-7H,5H2,1-4H3. The van der Waals surface area contributed by atoms with Crippen molar-refractivity contribution in [1.82, 2.24) is 0 Å². The first-order chi connectivity index (χ1) is 13.7. The van der Waals surface area contributed by atoms with Crippen molar-refractivity contribution in [2.75, 3.05) is 0 Å². The molecule has 0 bridgehead atoms. The number of hydrogen-bond donors (Lipinski definition) is 0. The second kappa shape index (κ2) is 17.4. The molecule has 0 amide bonds. The monoisotopic (exact) mass is 457 g/mol. The smallest absolute Gasteiger partial charge is 0.0378 e. The summed E-state index contributed by atoms with van der Waals surface area (Å²) in [6, 6.07) is 0. The van der Waals surface area contributed by atoms with Gasteiger partial charge in [-0.1, -0.05) is 138 Å². The highest BCUT2D eigenvalue weighted by molar-refractivity contribution is 4.72. The minimum absolute atomic E-state index is 0.484. The van der Waals surface area contributed by atoms with Gasteiger partial charge in [-0.2, -0.15) is 0 Å². The van der Waals surface area contributed by atoms with Crippen molar-refractivity contribution in [1.29, 1.82) is 0 Å². The van der Waals surface area contributed by atoms with E-state index in [1.165, 1.54) is 25.7 Å². The van der Waals surface area contributed by atoms with Crippen LogP contribution in [0, 0.1) is 45.3 Å².